The molecular formula is C14H22N4O. The van der Waals surface area contributed by atoms with E-state index in [0.29, 0.717) is 11.7 Å². The second-order valence-electron chi connectivity index (χ2n) is 5.45. The fraction of sp³-hybridized carbons (Fsp3) is 0.571. The van der Waals surface area contributed by atoms with E-state index in [2.05, 4.69) is 29.7 Å². The van der Waals surface area contributed by atoms with Crippen LogP contribution in [0.1, 0.15) is 25.4 Å². The van der Waals surface area contributed by atoms with E-state index in [0.717, 1.165) is 12.1 Å². The molecule has 0 aliphatic heterocycles. The summed E-state index contributed by atoms with van der Waals surface area (Å²) in [5.41, 5.74) is 5.68. The highest BCUT2D eigenvalue weighted by Crippen LogP contribution is 2.12. The Kier molecular flexibility index (Phi) is 4.73. The van der Waals surface area contributed by atoms with Gasteiger partial charge in [0.2, 0.25) is 0 Å². The second-order valence-corrected chi connectivity index (χ2v) is 5.45. The zero-order valence-corrected chi connectivity index (χ0v) is 12.0. The summed E-state index contributed by atoms with van der Waals surface area (Å²) in [6.07, 6.45) is 8.30. The van der Waals surface area contributed by atoms with Gasteiger partial charge in [0.1, 0.15) is 5.82 Å². The SMILES string of the molecule is C#CC(N)(Cc1ncc(CC(C)C)[nH]1)C(=O)N(C)C. The number of nitrogens with one attached hydrogen (secondary N) is 1. The van der Waals surface area contributed by atoms with Crippen LogP contribution >= 0.6 is 0 Å². The number of amides is 1. The van der Waals surface area contributed by atoms with Crippen molar-refractivity contribution in [1.29, 1.82) is 0 Å². The van der Waals surface area contributed by atoms with Crippen LogP contribution in [0.5, 0.6) is 0 Å². The molecule has 19 heavy (non-hydrogen) atoms. The maximum Gasteiger partial charge on any atom is 0.255 e. The summed E-state index contributed by atoms with van der Waals surface area (Å²) < 4.78 is 0. The van der Waals surface area contributed by atoms with Crippen LogP contribution in [0.2, 0.25) is 0 Å². The molecule has 1 aromatic heterocycles. The van der Waals surface area contributed by atoms with Crippen LogP contribution in [0.25, 0.3) is 0 Å². The minimum absolute atomic E-state index is 0.207. The Bertz CT molecular complexity index is 484. The summed E-state index contributed by atoms with van der Waals surface area (Å²) in [7, 11) is 3.27. The Balaban J connectivity index is 2.85. The highest BCUT2D eigenvalue weighted by Gasteiger charge is 2.34. The van der Waals surface area contributed by atoms with Gasteiger partial charge in [-0.15, -0.1) is 6.42 Å². The molecular weight excluding hydrogens is 240 g/mol. The summed E-state index contributed by atoms with van der Waals surface area (Å²) in [5.74, 6) is 3.27. The lowest BCUT2D eigenvalue weighted by molar-refractivity contribution is -0.132. The van der Waals surface area contributed by atoms with Crippen molar-refractivity contribution in [2.75, 3.05) is 14.1 Å². The number of nitrogens with zero attached hydrogens (tertiary/aromatic N) is 2. The minimum Gasteiger partial charge on any atom is -0.346 e. The first-order chi connectivity index (χ1) is 8.78. The predicted octanol–water partition coefficient (Wildman–Crippen LogP) is 0.570. The van der Waals surface area contributed by atoms with Gasteiger partial charge in [0.15, 0.2) is 5.54 Å². The lowest BCUT2D eigenvalue weighted by atomic mass is 9.95. The van der Waals surface area contributed by atoms with Crippen LogP contribution in [-0.2, 0) is 17.6 Å². The lowest BCUT2D eigenvalue weighted by Gasteiger charge is -2.24. The number of rotatable bonds is 5. The van der Waals surface area contributed by atoms with E-state index in [4.69, 9.17) is 12.2 Å². The van der Waals surface area contributed by atoms with E-state index in [1.54, 1.807) is 20.3 Å². The van der Waals surface area contributed by atoms with Gasteiger partial charge >= 0.3 is 0 Å². The maximum atomic E-state index is 12.0. The summed E-state index contributed by atoms with van der Waals surface area (Å²) in [4.78, 5) is 20.8. The average Bonchev–Trinajstić information content (AvgIpc) is 2.74. The van der Waals surface area contributed by atoms with E-state index in [1.165, 1.54) is 4.90 Å². The molecule has 0 aliphatic rings. The molecule has 0 bridgehead atoms. The van der Waals surface area contributed by atoms with Gasteiger partial charge in [0.25, 0.3) is 5.91 Å². The molecule has 0 aliphatic carbocycles. The third-order valence-corrected chi connectivity index (χ3v) is 2.80. The maximum absolute atomic E-state index is 12.0. The first-order valence-corrected chi connectivity index (χ1v) is 6.29. The van der Waals surface area contributed by atoms with Gasteiger partial charge in [0.05, 0.1) is 0 Å². The van der Waals surface area contributed by atoms with Crippen molar-refractivity contribution in [2.24, 2.45) is 11.7 Å². The molecule has 104 valence electrons. The molecule has 1 unspecified atom stereocenters. The molecule has 0 saturated carbocycles. The number of aromatic amines is 1. The quantitative estimate of drug-likeness (QED) is 0.762. The number of terminal acetylenes is 1. The van der Waals surface area contributed by atoms with E-state index in [9.17, 15) is 4.79 Å². The molecule has 5 heteroatoms. The number of nitrogens with two attached hydrogens (primary N) is 1. The fourth-order valence-corrected chi connectivity index (χ4v) is 1.89. The Hall–Kier alpha value is -1.80. The molecule has 0 saturated heterocycles. The molecule has 1 heterocycles. The average molecular weight is 262 g/mol. The van der Waals surface area contributed by atoms with Gasteiger partial charge in [-0.3, -0.25) is 4.79 Å². The normalized spacial score (nSPS) is 13.9. The molecule has 1 amide bonds. The number of hydrogen-bond acceptors (Lipinski definition) is 3. The summed E-state index contributed by atoms with van der Waals surface area (Å²) in [5, 5.41) is 0. The summed E-state index contributed by atoms with van der Waals surface area (Å²) in [6.45, 7) is 4.26. The monoisotopic (exact) mass is 262 g/mol. The number of carbonyl (C=O) groups is 1. The van der Waals surface area contributed by atoms with Crippen molar-refractivity contribution in [2.45, 2.75) is 32.2 Å². The molecule has 1 aromatic rings. The highest BCUT2D eigenvalue weighted by molar-refractivity contribution is 5.89. The van der Waals surface area contributed by atoms with Crippen molar-refractivity contribution in [3.8, 4) is 12.3 Å². The van der Waals surface area contributed by atoms with Crippen LogP contribution in [0.4, 0.5) is 0 Å². The summed E-state index contributed by atoms with van der Waals surface area (Å²) in [6, 6.07) is 0. The van der Waals surface area contributed by atoms with Crippen molar-refractivity contribution in [3.05, 3.63) is 17.7 Å². The van der Waals surface area contributed by atoms with Crippen LogP contribution in [0.3, 0.4) is 0 Å². The highest BCUT2D eigenvalue weighted by atomic mass is 16.2. The van der Waals surface area contributed by atoms with Crippen LogP contribution in [-0.4, -0.2) is 40.4 Å². The van der Waals surface area contributed by atoms with Crippen LogP contribution < -0.4 is 5.73 Å². The zero-order chi connectivity index (χ0) is 14.6. The Labute approximate surface area is 114 Å². The number of hydrogen-bond donors (Lipinski definition) is 2. The number of aromatic nitrogens is 2. The molecule has 5 nitrogen and oxygen atoms in total. The molecule has 3 N–H and O–H groups in total. The number of likely N-dealkylation sites (N-methyl/N-ethyl adjacent to an activating group) is 1. The van der Waals surface area contributed by atoms with Gasteiger partial charge < -0.3 is 15.6 Å². The Morgan fingerprint density at radius 3 is 2.74 bits per heavy atom. The smallest absolute Gasteiger partial charge is 0.255 e. The third kappa shape index (κ3) is 3.83. The van der Waals surface area contributed by atoms with Gasteiger partial charge in [-0.05, 0) is 12.3 Å². The number of H-pyrrole nitrogens is 1. The lowest BCUT2D eigenvalue weighted by Crippen LogP contribution is -2.54. The number of imidazole rings is 1. The van der Waals surface area contributed by atoms with Gasteiger partial charge in [-0.1, -0.05) is 19.8 Å². The van der Waals surface area contributed by atoms with Crippen LogP contribution in [0, 0.1) is 18.3 Å². The Morgan fingerprint density at radius 1 is 1.63 bits per heavy atom. The molecule has 1 rings (SSSR count). The summed E-state index contributed by atoms with van der Waals surface area (Å²) >= 11 is 0. The molecule has 0 aromatic carbocycles. The fourth-order valence-electron chi connectivity index (χ4n) is 1.89. The van der Waals surface area contributed by atoms with Gasteiger partial charge in [-0.25, -0.2) is 4.98 Å². The molecule has 1 atom stereocenters. The van der Waals surface area contributed by atoms with Gasteiger partial charge in [0, 0.05) is 32.4 Å². The molecule has 0 spiro atoms. The second kappa shape index (κ2) is 5.89. The van der Waals surface area contributed by atoms with E-state index >= 15 is 0 Å². The number of carbonyl (C=O) groups excluding carboxylic acids is 1. The first-order valence-electron chi connectivity index (χ1n) is 6.29. The van der Waals surface area contributed by atoms with Crippen molar-refractivity contribution < 1.29 is 4.79 Å². The third-order valence-electron chi connectivity index (χ3n) is 2.80. The van der Waals surface area contributed by atoms with E-state index < -0.39 is 5.54 Å². The van der Waals surface area contributed by atoms with Crippen molar-refractivity contribution in [3.63, 3.8) is 0 Å². The topological polar surface area (TPSA) is 75.0 Å². The van der Waals surface area contributed by atoms with Crippen molar-refractivity contribution >= 4 is 5.91 Å². The van der Waals surface area contributed by atoms with Gasteiger partial charge in [-0.2, -0.15) is 0 Å². The zero-order valence-electron chi connectivity index (χ0n) is 12.0. The standard InChI is InChI=1S/C14H22N4O/c1-6-14(15,13(19)18(4)5)8-12-16-9-11(17-12)7-10(2)3/h1,9-10H,7-8,15H2,2-5H3,(H,16,17). The van der Waals surface area contributed by atoms with Crippen molar-refractivity contribution in [1.82, 2.24) is 14.9 Å². The van der Waals surface area contributed by atoms with E-state index in [-0.39, 0.29) is 12.3 Å². The largest absolute Gasteiger partial charge is 0.346 e. The van der Waals surface area contributed by atoms with Crippen LogP contribution in [0.15, 0.2) is 6.20 Å². The molecule has 0 fully saturated rings. The predicted molar refractivity (Wildman–Crippen MR) is 75.3 cm³/mol. The first kappa shape index (κ1) is 15.3. The minimum atomic E-state index is -1.35. The Morgan fingerprint density at radius 2 is 2.26 bits per heavy atom. The van der Waals surface area contributed by atoms with E-state index in [1.807, 2.05) is 0 Å². The molecule has 0 radical (unpaired) electrons.